The van der Waals surface area contributed by atoms with Gasteiger partial charge in [-0.3, -0.25) is 9.69 Å². The highest BCUT2D eigenvalue weighted by molar-refractivity contribution is 5.78. The molecule has 1 amide bonds. The Morgan fingerprint density at radius 3 is 2.59 bits per heavy atom. The van der Waals surface area contributed by atoms with E-state index in [4.69, 9.17) is 5.26 Å². The lowest BCUT2D eigenvalue weighted by Crippen LogP contribution is -2.40. The van der Waals surface area contributed by atoms with Gasteiger partial charge in [0, 0.05) is 26.2 Å². The number of hydrogen-bond acceptors (Lipinski definition) is 3. The highest BCUT2D eigenvalue weighted by Crippen LogP contribution is 2.34. The van der Waals surface area contributed by atoms with Crippen LogP contribution in [-0.4, -0.2) is 48.4 Å². The lowest BCUT2D eigenvalue weighted by atomic mass is 10.3. The number of nitriles is 1. The van der Waals surface area contributed by atoms with Gasteiger partial charge in [-0.25, -0.2) is 0 Å². The van der Waals surface area contributed by atoms with Gasteiger partial charge < -0.3 is 4.90 Å². The van der Waals surface area contributed by atoms with Crippen molar-refractivity contribution in [3.05, 3.63) is 0 Å². The molecule has 2 rings (SSSR count). The summed E-state index contributed by atoms with van der Waals surface area (Å²) in [7, 11) is 1.79. The van der Waals surface area contributed by atoms with Crippen LogP contribution >= 0.6 is 0 Å². The van der Waals surface area contributed by atoms with Crippen LogP contribution in [0.3, 0.4) is 0 Å². The molecule has 0 unspecified atom stereocenters. The van der Waals surface area contributed by atoms with Crippen LogP contribution in [0.15, 0.2) is 0 Å². The third-order valence-corrected chi connectivity index (χ3v) is 3.58. The van der Waals surface area contributed by atoms with Gasteiger partial charge >= 0.3 is 0 Å². The topological polar surface area (TPSA) is 47.3 Å². The first-order chi connectivity index (χ1) is 8.20. The number of likely N-dealkylation sites (N-methyl/N-ethyl adjacent to an activating group) is 1. The molecule has 0 saturated heterocycles. The summed E-state index contributed by atoms with van der Waals surface area (Å²) in [6, 6.07) is 2.73. The largest absolute Gasteiger partial charge is 0.344 e. The molecule has 94 valence electrons. The van der Waals surface area contributed by atoms with Crippen molar-refractivity contribution in [3.63, 3.8) is 0 Å². The Labute approximate surface area is 103 Å². The van der Waals surface area contributed by atoms with Crippen LogP contribution in [0.4, 0.5) is 0 Å². The molecule has 0 spiro atoms. The fourth-order valence-electron chi connectivity index (χ4n) is 2.05. The minimum atomic E-state index is 0.160. The zero-order valence-corrected chi connectivity index (χ0v) is 10.6. The van der Waals surface area contributed by atoms with Crippen LogP contribution in [0.25, 0.3) is 0 Å². The van der Waals surface area contributed by atoms with E-state index in [1.807, 2.05) is 0 Å². The number of rotatable bonds is 7. The molecular formula is C13H21N3O. The van der Waals surface area contributed by atoms with Crippen LogP contribution in [0.2, 0.25) is 0 Å². The molecule has 0 heterocycles. The number of carbonyl (C=O) groups excluding carboxylic acids is 1. The van der Waals surface area contributed by atoms with Crippen molar-refractivity contribution >= 4 is 5.91 Å². The van der Waals surface area contributed by atoms with E-state index in [1.165, 1.54) is 25.7 Å². The number of carbonyl (C=O) groups is 1. The second-order valence-corrected chi connectivity index (χ2v) is 5.33. The van der Waals surface area contributed by atoms with E-state index < -0.39 is 0 Å². The summed E-state index contributed by atoms with van der Waals surface area (Å²) in [6.45, 7) is 2.20. The van der Waals surface area contributed by atoms with Crippen molar-refractivity contribution in [3.8, 4) is 6.07 Å². The quantitative estimate of drug-likeness (QED) is 0.667. The zero-order chi connectivity index (χ0) is 12.3. The van der Waals surface area contributed by atoms with E-state index in [2.05, 4.69) is 11.0 Å². The summed E-state index contributed by atoms with van der Waals surface area (Å²) in [6.07, 6.45) is 5.60. The van der Waals surface area contributed by atoms with Gasteiger partial charge in [0.05, 0.1) is 19.0 Å². The Bertz CT molecular complexity index is 315. The Balaban J connectivity index is 1.75. The SMILES string of the molecule is CN(CCC#N)C(=O)CN(CC1CC1)C1CC1. The van der Waals surface area contributed by atoms with Gasteiger partial charge in [0.1, 0.15) is 0 Å². The maximum Gasteiger partial charge on any atom is 0.236 e. The Morgan fingerprint density at radius 2 is 2.06 bits per heavy atom. The summed E-state index contributed by atoms with van der Waals surface area (Å²) in [4.78, 5) is 16.0. The van der Waals surface area contributed by atoms with Crippen molar-refractivity contribution < 1.29 is 4.79 Å². The van der Waals surface area contributed by atoms with E-state index in [0.29, 0.717) is 25.6 Å². The Morgan fingerprint density at radius 1 is 1.35 bits per heavy atom. The molecule has 2 fully saturated rings. The molecule has 0 N–H and O–H groups in total. The molecule has 17 heavy (non-hydrogen) atoms. The lowest BCUT2D eigenvalue weighted by Gasteiger charge is -2.24. The first kappa shape index (κ1) is 12.4. The average molecular weight is 235 g/mol. The van der Waals surface area contributed by atoms with E-state index in [1.54, 1.807) is 11.9 Å². The highest BCUT2D eigenvalue weighted by atomic mass is 16.2. The number of amides is 1. The molecular weight excluding hydrogens is 214 g/mol. The Kier molecular flexibility index (Phi) is 4.01. The molecule has 0 atom stereocenters. The summed E-state index contributed by atoms with van der Waals surface area (Å²) in [5, 5.41) is 8.51. The molecule has 0 aromatic heterocycles. The van der Waals surface area contributed by atoms with E-state index in [0.717, 1.165) is 12.5 Å². The van der Waals surface area contributed by atoms with Crippen molar-refractivity contribution in [2.75, 3.05) is 26.7 Å². The second kappa shape index (κ2) is 5.50. The number of nitrogens with zero attached hydrogens (tertiary/aromatic N) is 3. The van der Waals surface area contributed by atoms with Gasteiger partial charge in [-0.15, -0.1) is 0 Å². The maximum absolute atomic E-state index is 12.0. The van der Waals surface area contributed by atoms with Gasteiger partial charge in [-0.2, -0.15) is 5.26 Å². The summed E-state index contributed by atoms with van der Waals surface area (Å²) in [5.74, 6) is 1.00. The van der Waals surface area contributed by atoms with Crippen molar-refractivity contribution in [1.29, 1.82) is 5.26 Å². The van der Waals surface area contributed by atoms with Crippen LogP contribution in [0.5, 0.6) is 0 Å². The molecule has 2 saturated carbocycles. The first-order valence-electron chi connectivity index (χ1n) is 6.55. The first-order valence-corrected chi connectivity index (χ1v) is 6.55. The van der Waals surface area contributed by atoms with Crippen LogP contribution in [0, 0.1) is 17.2 Å². The molecule has 0 aromatic carbocycles. The minimum absolute atomic E-state index is 0.160. The average Bonchev–Trinajstić information content (AvgIpc) is 3.16. The maximum atomic E-state index is 12.0. The van der Waals surface area contributed by atoms with Gasteiger partial charge in [0.15, 0.2) is 0 Å². The normalized spacial score (nSPS) is 19.1. The van der Waals surface area contributed by atoms with Crippen LogP contribution in [-0.2, 0) is 4.79 Å². The fourth-order valence-corrected chi connectivity index (χ4v) is 2.05. The van der Waals surface area contributed by atoms with E-state index in [9.17, 15) is 4.79 Å². The molecule has 0 bridgehead atoms. The van der Waals surface area contributed by atoms with E-state index >= 15 is 0 Å². The monoisotopic (exact) mass is 235 g/mol. The van der Waals surface area contributed by atoms with Gasteiger partial charge in [-0.1, -0.05) is 0 Å². The van der Waals surface area contributed by atoms with Crippen molar-refractivity contribution in [1.82, 2.24) is 9.80 Å². The van der Waals surface area contributed by atoms with E-state index in [-0.39, 0.29) is 5.91 Å². The lowest BCUT2D eigenvalue weighted by molar-refractivity contribution is -0.131. The second-order valence-electron chi connectivity index (χ2n) is 5.33. The van der Waals surface area contributed by atoms with Gasteiger partial charge in [0.25, 0.3) is 0 Å². The molecule has 0 aliphatic heterocycles. The molecule has 2 aliphatic carbocycles. The smallest absolute Gasteiger partial charge is 0.236 e. The molecule has 2 aliphatic rings. The van der Waals surface area contributed by atoms with Gasteiger partial charge in [0.2, 0.25) is 5.91 Å². The standard InChI is InChI=1S/C13H21N3O/c1-15(8-2-7-14)13(17)10-16(12-5-6-12)9-11-3-4-11/h11-12H,2-6,8-10H2,1H3. The van der Waals surface area contributed by atoms with Crippen molar-refractivity contribution in [2.24, 2.45) is 5.92 Å². The molecule has 4 heteroatoms. The fraction of sp³-hybridized carbons (Fsp3) is 0.846. The zero-order valence-electron chi connectivity index (χ0n) is 10.6. The molecule has 0 radical (unpaired) electrons. The van der Waals surface area contributed by atoms with Crippen molar-refractivity contribution in [2.45, 2.75) is 38.1 Å². The summed E-state index contributed by atoms with van der Waals surface area (Å²) in [5.41, 5.74) is 0. The van der Waals surface area contributed by atoms with Crippen LogP contribution < -0.4 is 0 Å². The summed E-state index contributed by atoms with van der Waals surface area (Å²) < 4.78 is 0. The molecule has 4 nitrogen and oxygen atoms in total. The minimum Gasteiger partial charge on any atom is -0.344 e. The third-order valence-electron chi connectivity index (χ3n) is 3.58. The highest BCUT2D eigenvalue weighted by Gasteiger charge is 2.34. The predicted octanol–water partition coefficient (Wildman–Crippen LogP) is 1.23. The molecule has 0 aromatic rings. The summed E-state index contributed by atoms with van der Waals surface area (Å²) >= 11 is 0. The van der Waals surface area contributed by atoms with Crippen LogP contribution in [0.1, 0.15) is 32.1 Å². The predicted molar refractivity (Wildman–Crippen MR) is 65.2 cm³/mol. The Hall–Kier alpha value is -1.08. The third kappa shape index (κ3) is 4.01. The number of hydrogen-bond donors (Lipinski definition) is 0. The van der Waals surface area contributed by atoms with Gasteiger partial charge in [-0.05, 0) is 31.6 Å².